The lowest BCUT2D eigenvalue weighted by molar-refractivity contribution is -0.597. The summed E-state index contributed by atoms with van der Waals surface area (Å²) < 4.78 is 5.52. The van der Waals surface area contributed by atoms with Crippen LogP contribution in [-0.2, 0) is 9.37 Å². The zero-order valence-electron chi connectivity index (χ0n) is 16.6. The van der Waals surface area contributed by atoms with Crippen LogP contribution in [0, 0.1) is 6.92 Å². The van der Waals surface area contributed by atoms with Gasteiger partial charge in [-0.25, -0.2) is 14.8 Å². The molecular weight excluding hydrogens is 460 g/mol. The number of carbonyl (C=O) groups is 2. The number of H-pyrrole nitrogens is 1. The van der Waals surface area contributed by atoms with Gasteiger partial charge in [-0.15, -0.1) is 14.6 Å². The van der Waals surface area contributed by atoms with E-state index in [4.69, 9.17) is 5.26 Å². The number of pyridine rings is 2. The minimum atomic E-state index is -1.33. The van der Waals surface area contributed by atoms with Crippen molar-refractivity contribution in [2.24, 2.45) is 10.2 Å². The quantitative estimate of drug-likeness (QED) is 0.106. The Hall–Kier alpha value is -4.11. The lowest BCUT2D eigenvalue weighted by atomic mass is 10.2. The predicted octanol–water partition coefficient (Wildman–Crippen LogP) is 2.91. The number of aromatic carboxylic acids is 2. The first-order valence-electron chi connectivity index (χ1n) is 8.87. The van der Waals surface area contributed by atoms with Gasteiger partial charge in [-0.2, -0.15) is 4.57 Å². The van der Waals surface area contributed by atoms with Crippen LogP contribution in [0.2, 0.25) is 0 Å². The number of rotatable bonds is 8. The van der Waals surface area contributed by atoms with Gasteiger partial charge in [0.1, 0.15) is 11.3 Å². The van der Waals surface area contributed by atoms with Crippen molar-refractivity contribution in [1.29, 1.82) is 0 Å². The van der Waals surface area contributed by atoms with Gasteiger partial charge in [-0.1, -0.05) is 5.04 Å². The molecule has 33 heavy (non-hydrogen) atoms. The molecule has 0 bridgehead atoms. The third-order valence-electron chi connectivity index (χ3n) is 4.30. The van der Waals surface area contributed by atoms with Crippen LogP contribution >= 0.6 is 12.0 Å². The predicted molar refractivity (Wildman–Crippen MR) is 110 cm³/mol. The van der Waals surface area contributed by atoms with Crippen LogP contribution in [0.25, 0.3) is 5.69 Å². The van der Waals surface area contributed by atoms with Crippen molar-refractivity contribution in [3.63, 3.8) is 0 Å². The zero-order valence-corrected chi connectivity index (χ0v) is 17.4. The van der Waals surface area contributed by atoms with Gasteiger partial charge in [0.15, 0.2) is 18.1 Å². The van der Waals surface area contributed by atoms with E-state index in [1.165, 1.54) is 54.2 Å². The molecule has 0 spiro atoms. The molecule has 0 aliphatic carbocycles. The molecule has 2 heterocycles. The van der Waals surface area contributed by atoms with E-state index in [1.54, 1.807) is 0 Å². The maximum Gasteiger partial charge on any atom is 0.341 e. The highest BCUT2D eigenvalue weighted by molar-refractivity contribution is 7.94. The van der Waals surface area contributed by atoms with Crippen LogP contribution in [0.3, 0.4) is 0 Å². The fourth-order valence-electron chi connectivity index (χ4n) is 2.84. The summed E-state index contributed by atoms with van der Waals surface area (Å²) in [5, 5.41) is 48.3. The van der Waals surface area contributed by atoms with Crippen LogP contribution < -0.4 is 10.1 Å². The molecule has 14 heteroatoms. The van der Waals surface area contributed by atoms with Crippen molar-refractivity contribution in [1.82, 2.24) is 4.98 Å². The van der Waals surface area contributed by atoms with Gasteiger partial charge in [0.05, 0.1) is 23.2 Å². The van der Waals surface area contributed by atoms with Gasteiger partial charge in [0.25, 0.3) is 5.69 Å². The van der Waals surface area contributed by atoms with Crippen molar-refractivity contribution in [3.05, 3.63) is 69.8 Å². The van der Waals surface area contributed by atoms with Crippen molar-refractivity contribution < 1.29 is 44.1 Å². The first-order valence-corrected chi connectivity index (χ1v) is 9.61. The summed E-state index contributed by atoms with van der Waals surface area (Å²) in [6.45, 7) is 1.46. The number of nitrogens with one attached hydrogen (secondary N) is 1. The Morgan fingerprint density at radius 1 is 1.15 bits per heavy atom. The number of nitrogens with zero attached hydrogens (tertiary/aromatic N) is 3. The number of aromatic amines is 1. The molecule has 0 radical (unpaired) electrons. The average molecular weight is 475 g/mol. The van der Waals surface area contributed by atoms with Crippen LogP contribution in [0.5, 0.6) is 5.88 Å². The molecule has 0 unspecified atom stereocenters. The number of aromatic hydroxyl groups is 1. The van der Waals surface area contributed by atoms with Crippen molar-refractivity contribution in [2.75, 3.05) is 0 Å². The van der Waals surface area contributed by atoms with E-state index in [0.29, 0.717) is 12.0 Å². The van der Waals surface area contributed by atoms with E-state index in [9.17, 15) is 29.7 Å². The van der Waals surface area contributed by atoms with Crippen molar-refractivity contribution in [2.45, 2.75) is 11.8 Å². The van der Waals surface area contributed by atoms with E-state index < -0.39 is 23.4 Å². The summed E-state index contributed by atoms with van der Waals surface area (Å²) in [7, 11) is 0. The molecule has 0 aliphatic rings. The molecule has 170 valence electrons. The van der Waals surface area contributed by atoms with Gasteiger partial charge in [0.2, 0.25) is 5.88 Å². The number of carboxylic acids is 2. The Labute approximate surface area is 188 Å². The molecule has 0 saturated heterocycles. The molecule has 0 fully saturated rings. The van der Waals surface area contributed by atoms with E-state index >= 15 is 0 Å². The van der Waals surface area contributed by atoms with Crippen LogP contribution in [0.15, 0.2) is 62.6 Å². The van der Waals surface area contributed by atoms with Crippen LogP contribution in [0.4, 0.5) is 11.4 Å². The van der Waals surface area contributed by atoms with E-state index in [2.05, 4.69) is 24.6 Å². The second-order valence-electron chi connectivity index (χ2n) is 6.34. The average Bonchev–Trinajstić information content (AvgIpc) is 2.77. The Balaban J connectivity index is 2.07. The fraction of sp³-hybridized carbons (Fsp3) is 0.0526. The molecule has 13 nitrogen and oxygen atoms in total. The van der Waals surface area contributed by atoms with Crippen LogP contribution in [-0.4, -0.2) is 37.5 Å². The van der Waals surface area contributed by atoms with Crippen LogP contribution in [0.1, 0.15) is 26.3 Å². The summed E-state index contributed by atoms with van der Waals surface area (Å²) in [5.74, 6) is -3.14. The molecule has 3 rings (SSSR count). The minimum absolute atomic E-state index is 0.0174. The normalized spacial score (nSPS) is 11.1. The molecule has 3 aromatic rings. The number of hydrogen-bond acceptors (Lipinski definition) is 10. The molecule has 0 aliphatic heterocycles. The second kappa shape index (κ2) is 10.0. The summed E-state index contributed by atoms with van der Waals surface area (Å²) in [5.41, 5.74) is -1.16. The first kappa shape index (κ1) is 23.6. The van der Waals surface area contributed by atoms with E-state index in [0.717, 1.165) is 0 Å². The van der Waals surface area contributed by atoms with Crippen molar-refractivity contribution in [3.8, 4) is 11.6 Å². The zero-order chi connectivity index (χ0) is 24.1. The Morgan fingerprint density at radius 3 is 2.58 bits per heavy atom. The highest BCUT2D eigenvalue weighted by Gasteiger charge is 2.23. The van der Waals surface area contributed by atoms with E-state index in [1.807, 2.05) is 0 Å². The van der Waals surface area contributed by atoms with E-state index in [-0.39, 0.29) is 38.6 Å². The minimum Gasteiger partial charge on any atom is -0.493 e. The summed E-state index contributed by atoms with van der Waals surface area (Å²) in [4.78, 5) is 37.8. The number of benzene rings is 1. The Bertz CT molecular complexity index is 1320. The maximum atomic E-state index is 12.5. The SMILES string of the molecule is Cc1c(/N=N/c2ccc(SOOO)cc2C(=O)O)c(O)[nH]c(=O)c1-[n+]1cccc(C(=O)O)c1. The van der Waals surface area contributed by atoms with Gasteiger partial charge in [0, 0.05) is 11.0 Å². The molecular formula is C19H15N4O9S+. The van der Waals surface area contributed by atoms with Gasteiger partial charge < -0.3 is 15.3 Å². The highest BCUT2D eigenvalue weighted by atomic mass is 32.2. The topological polar surface area (TPSA) is 195 Å². The van der Waals surface area contributed by atoms with Gasteiger partial charge >= 0.3 is 17.5 Å². The maximum absolute atomic E-state index is 12.5. The summed E-state index contributed by atoms with van der Waals surface area (Å²) >= 11 is 0.552. The molecule has 0 amide bonds. The number of hydrogen-bond donors (Lipinski definition) is 5. The second-order valence-corrected chi connectivity index (χ2v) is 7.11. The first-order chi connectivity index (χ1) is 15.7. The number of carboxylic acid groups (broad SMARTS) is 2. The van der Waals surface area contributed by atoms with Gasteiger partial charge in [-0.3, -0.25) is 9.78 Å². The molecule has 2 aromatic heterocycles. The van der Waals surface area contributed by atoms with Gasteiger partial charge in [-0.05, 0) is 31.2 Å². The number of azo groups is 1. The highest BCUT2D eigenvalue weighted by Crippen LogP contribution is 2.32. The smallest absolute Gasteiger partial charge is 0.341 e. The summed E-state index contributed by atoms with van der Waals surface area (Å²) in [6, 6.07) is 6.69. The molecule has 1 aromatic carbocycles. The molecule has 0 atom stereocenters. The lowest BCUT2D eigenvalue weighted by Gasteiger charge is -2.06. The largest absolute Gasteiger partial charge is 0.493 e. The summed E-state index contributed by atoms with van der Waals surface area (Å²) in [6.07, 6.45) is 2.66. The monoisotopic (exact) mass is 475 g/mol. The molecule has 5 N–H and O–H groups in total. The Kier molecular flexibility index (Phi) is 7.14. The van der Waals surface area contributed by atoms with Crippen molar-refractivity contribution >= 4 is 35.4 Å². The standard InChI is InChI=1S/C19H14N4O9S/c1-9-14(22-21-13-5-4-11(33-32-31-30)7-12(13)19(28)29)16(24)20-17(25)15(9)23-6-2-3-10(8-23)18(26)27/h2-8H,1H3,(H4-,20,24,25,26,27,28,29,30)/p+1/b22-21+. The lowest BCUT2D eigenvalue weighted by Crippen LogP contribution is -2.38. The Morgan fingerprint density at radius 2 is 1.91 bits per heavy atom. The fourth-order valence-corrected chi connectivity index (χ4v) is 3.24. The third kappa shape index (κ3) is 5.21. The third-order valence-corrected chi connectivity index (χ3v) is 4.88. The number of aromatic nitrogens is 2. The molecule has 0 saturated carbocycles.